The first-order valence-corrected chi connectivity index (χ1v) is 6.08. The van der Waals surface area contributed by atoms with Gasteiger partial charge in [0.15, 0.2) is 0 Å². The molecule has 0 amide bonds. The smallest absolute Gasteiger partial charge is 0.0436 e. The van der Waals surface area contributed by atoms with Crippen LogP contribution in [0.4, 0.5) is 5.69 Å². The van der Waals surface area contributed by atoms with Gasteiger partial charge in [-0.05, 0) is 43.5 Å². The molecule has 0 heterocycles. The lowest BCUT2D eigenvalue weighted by molar-refractivity contribution is 0.744. The molecule has 0 fully saturated rings. The highest BCUT2D eigenvalue weighted by Crippen LogP contribution is 2.22. The lowest BCUT2D eigenvalue weighted by Gasteiger charge is -2.24. The molecular weight excluding hydrogens is 206 g/mol. The average molecular weight is 226 g/mol. The van der Waals surface area contributed by atoms with Crippen molar-refractivity contribution < 1.29 is 0 Å². The Labute approximate surface area is 98.0 Å². The van der Waals surface area contributed by atoms with Crippen LogP contribution in [0.15, 0.2) is 18.2 Å². The molecule has 0 aliphatic carbocycles. The van der Waals surface area contributed by atoms with Crippen LogP contribution >= 0.6 is 11.6 Å². The summed E-state index contributed by atoms with van der Waals surface area (Å²) in [6.07, 6.45) is 2.36. The van der Waals surface area contributed by atoms with Gasteiger partial charge in [0.05, 0.1) is 0 Å². The third-order valence-corrected chi connectivity index (χ3v) is 2.92. The molecule has 84 valence electrons. The summed E-state index contributed by atoms with van der Waals surface area (Å²) in [4.78, 5) is 2.42. The van der Waals surface area contributed by atoms with Crippen LogP contribution in [0.1, 0.15) is 32.3 Å². The maximum atomic E-state index is 6.02. The lowest BCUT2D eigenvalue weighted by atomic mass is 10.2. The third kappa shape index (κ3) is 3.42. The minimum Gasteiger partial charge on any atom is -0.372 e. The van der Waals surface area contributed by atoms with Crippen LogP contribution in [0.5, 0.6) is 0 Å². The van der Waals surface area contributed by atoms with Crippen LogP contribution in [-0.4, -0.2) is 13.1 Å². The normalized spacial score (nSPS) is 10.4. The van der Waals surface area contributed by atoms with Crippen molar-refractivity contribution >= 4 is 17.3 Å². The summed E-state index contributed by atoms with van der Waals surface area (Å²) in [5.74, 6) is 0. The molecule has 0 saturated heterocycles. The van der Waals surface area contributed by atoms with E-state index in [4.69, 9.17) is 11.6 Å². The van der Waals surface area contributed by atoms with Gasteiger partial charge in [-0.15, -0.1) is 0 Å². The van der Waals surface area contributed by atoms with Crippen molar-refractivity contribution in [3.63, 3.8) is 0 Å². The molecule has 0 aromatic heterocycles. The van der Waals surface area contributed by atoms with Gasteiger partial charge in [0.25, 0.3) is 0 Å². The molecule has 1 rings (SSSR count). The number of hydrogen-bond donors (Lipinski definition) is 0. The summed E-state index contributed by atoms with van der Waals surface area (Å²) in [5, 5.41) is 0.853. The highest BCUT2D eigenvalue weighted by Gasteiger charge is 2.05. The first kappa shape index (κ1) is 12.4. The Bertz CT molecular complexity index is 303. The maximum Gasteiger partial charge on any atom is 0.0436 e. The predicted molar refractivity (Wildman–Crippen MR) is 69.0 cm³/mol. The average Bonchev–Trinajstić information content (AvgIpc) is 2.22. The molecule has 0 atom stereocenters. The van der Waals surface area contributed by atoms with E-state index in [0.29, 0.717) is 0 Å². The lowest BCUT2D eigenvalue weighted by Crippen LogP contribution is -2.24. The zero-order valence-corrected chi connectivity index (χ0v) is 10.6. The standard InChI is InChI=1S/C13H20ClN/c1-4-8-15(9-5-2)12-6-7-13(14)11(3)10-12/h6-7,10H,4-5,8-9H2,1-3H3. The van der Waals surface area contributed by atoms with E-state index in [1.807, 2.05) is 6.07 Å². The number of aryl methyl sites for hydroxylation is 1. The summed E-state index contributed by atoms with van der Waals surface area (Å²) in [6.45, 7) is 8.72. The van der Waals surface area contributed by atoms with Crippen molar-refractivity contribution in [2.75, 3.05) is 18.0 Å². The fourth-order valence-corrected chi connectivity index (χ4v) is 1.85. The topological polar surface area (TPSA) is 3.24 Å². The minimum atomic E-state index is 0.853. The highest BCUT2D eigenvalue weighted by molar-refractivity contribution is 6.31. The Morgan fingerprint density at radius 3 is 2.20 bits per heavy atom. The quantitative estimate of drug-likeness (QED) is 0.723. The SMILES string of the molecule is CCCN(CCC)c1ccc(Cl)c(C)c1. The van der Waals surface area contributed by atoms with Crippen LogP contribution in [0, 0.1) is 6.92 Å². The second-order valence-electron chi connectivity index (χ2n) is 3.92. The summed E-state index contributed by atoms with van der Waals surface area (Å²) in [6, 6.07) is 6.28. The van der Waals surface area contributed by atoms with Gasteiger partial charge in [0.1, 0.15) is 0 Å². The molecular formula is C13H20ClN. The molecule has 0 aliphatic heterocycles. The van der Waals surface area contributed by atoms with E-state index in [1.165, 1.54) is 18.5 Å². The van der Waals surface area contributed by atoms with Crippen molar-refractivity contribution in [1.82, 2.24) is 0 Å². The Hall–Kier alpha value is -0.690. The summed E-state index contributed by atoms with van der Waals surface area (Å²) in [7, 11) is 0. The molecule has 0 unspecified atom stereocenters. The molecule has 1 aromatic rings. The van der Waals surface area contributed by atoms with E-state index in [0.717, 1.165) is 23.7 Å². The van der Waals surface area contributed by atoms with Gasteiger partial charge in [0.2, 0.25) is 0 Å². The van der Waals surface area contributed by atoms with E-state index in [9.17, 15) is 0 Å². The number of anilines is 1. The molecule has 0 saturated carbocycles. The number of halogens is 1. The van der Waals surface area contributed by atoms with Crippen LogP contribution in [-0.2, 0) is 0 Å². The largest absolute Gasteiger partial charge is 0.372 e. The minimum absolute atomic E-state index is 0.853. The Balaban J connectivity index is 2.85. The molecule has 1 aromatic carbocycles. The van der Waals surface area contributed by atoms with Gasteiger partial charge in [-0.25, -0.2) is 0 Å². The van der Waals surface area contributed by atoms with Crippen LogP contribution in [0.2, 0.25) is 5.02 Å². The van der Waals surface area contributed by atoms with E-state index in [2.05, 4.69) is 37.8 Å². The van der Waals surface area contributed by atoms with Crippen molar-refractivity contribution in [3.8, 4) is 0 Å². The number of benzene rings is 1. The second kappa shape index (κ2) is 6.02. The fraction of sp³-hybridized carbons (Fsp3) is 0.538. The van der Waals surface area contributed by atoms with Crippen molar-refractivity contribution in [1.29, 1.82) is 0 Å². The Morgan fingerprint density at radius 2 is 1.73 bits per heavy atom. The first-order valence-electron chi connectivity index (χ1n) is 5.70. The highest BCUT2D eigenvalue weighted by atomic mass is 35.5. The zero-order chi connectivity index (χ0) is 11.3. The van der Waals surface area contributed by atoms with Gasteiger partial charge in [-0.3, -0.25) is 0 Å². The van der Waals surface area contributed by atoms with Gasteiger partial charge in [-0.2, -0.15) is 0 Å². The van der Waals surface area contributed by atoms with Gasteiger partial charge < -0.3 is 4.90 Å². The Morgan fingerprint density at radius 1 is 1.13 bits per heavy atom. The van der Waals surface area contributed by atoms with E-state index < -0.39 is 0 Å². The van der Waals surface area contributed by atoms with Crippen molar-refractivity contribution in [2.45, 2.75) is 33.6 Å². The molecule has 2 heteroatoms. The molecule has 0 bridgehead atoms. The molecule has 0 N–H and O–H groups in total. The maximum absolute atomic E-state index is 6.02. The van der Waals surface area contributed by atoms with Crippen molar-refractivity contribution in [3.05, 3.63) is 28.8 Å². The molecule has 0 radical (unpaired) electrons. The third-order valence-electron chi connectivity index (χ3n) is 2.49. The molecule has 0 spiro atoms. The number of hydrogen-bond acceptors (Lipinski definition) is 1. The van der Waals surface area contributed by atoms with Crippen LogP contribution in [0.3, 0.4) is 0 Å². The summed E-state index contributed by atoms with van der Waals surface area (Å²) >= 11 is 6.02. The van der Waals surface area contributed by atoms with Gasteiger partial charge >= 0.3 is 0 Å². The second-order valence-corrected chi connectivity index (χ2v) is 4.33. The number of rotatable bonds is 5. The molecule has 0 aliphatic rings. The van der Waals surface area contributed by atoms with E-state index in [-0.39, 0.29) is 0 Å². The first-order chi connectivity index (χ1) is 7.19. The fourth-order valence-electron chi connectivity index (χ4n) is 1.74. The predicted octanol–water partition coefficient (Wildman–Crippen LogP) is 4.27. The summed E-state index contributed by atoms with van der Waals surface area (Å²) < 4.78 is 0. The van der Waals surface area contributed by atoms with E-state index in [1.54, 1.807) is 0 Å². The monoisotopic (exact) mass is 225 g/mol. The van der Waals surface area contributed by atoms with Crippen LogP contribution in [0.25, 0.3) is 0 Å². The molecule has 15 heavy (non-hydrogen) atoms. The Kier molecular flexibility index (Phi) is 4.97. The van der Waals surface area contributed by atoms with Gasteiger partial charge in [-0.1, -0.05) is 25.4 Å². The van der Waals surface area contributed by atoms with Crippen molar-refractivity contribution in [2.24, 2.45) is 0 Å². The van der Waals surface area contributed by atoms with E-state index >= 15 is 0 Å². The molecule has 1 nitrogen and oxygen atoms in total. The van der Waals surface area contributed by atoms with Crippen LogP contribution < -0.4 is 4.90 Å². The summed E-state index contributed by atoms with van der Waals surface area (Å²) in [5.41, 5.74) is 2.45. The van der Waals surface area contributed by atoms with Gasteiger partial charge in [0, 0.05) is 23.8 Å². The number of nitrogens with zero attached hydrogens (tertiary/aromatic N) is 1. The zero-order valence-electron chi connectivity index (χ0n) is 9.89.